The first-order valence-electron chi connectivity index (χ1n) is 12.7. The number of nitrogens with one attached hydrogen (secondary N) is 1. The number of carbonyl (C=O) groups is 2. The lowest BCUT2D eigenvalue weighted by Crippen LogP contribution is -2.52. The highest BCUT2D eigenvalue weighted by atomic mass is 35.5. The quantitative estimate of drug-likeness (QED) is 0.337. The van der Waals surface area contributed by atoms with E-state index in [1.165, 1.54) is 24.1 Å². The topological polar surface area (TPSA) is 96.0 Å². The average Bonchev–Trinajstić information content (AvgIpc) is 2.93. The first-order valence-corrected chi connectivity index (χ1v) is 14.5. The van der Waals surface area contributed by atoms with Gasteiger partial charge in [-0.25, -0.2) is 8.42 Å². The van der Waals surface area contributed by atoms with Crippen LogP contribution in [0.1, 0.15) is 31.4 Å². The smallest absolute Gasteiger partial charge is 0.264 e. The third-order valence-electron chi connectivity index (χ3n) is 6.22. The molecule has 0 spiro atoms. The van der Waals surface area contributed by atoms with Gasteiger partial charge >= 0.3 is 0 Å². The Bertz CT molecular complexity index is 1380. The van der Waals surface area contributed by atoms with E-state index in [0.717, 1.165) is 15.4 Å². The molecule has 2 amide bonds. The maximum absolute atomic E-state index is 14.0. The van der Waals surface area contributed by atoms with Gasteiger partial charge < -0.3 is 15.0 Å². The molecule has 0 aromatic heterocycles. The van der Waals surface area contributed by atoms with Crippen LogP contribution in [0.2, 0.25) is 5.02 Å². The minimum atomic E-state index is -4.19. The Morgan fingerprint density at radius 2 is 1.67 bits per heavy atom. The number of carbonyl (C=O) groups excluding carboxylic acids is 2. The van der Waals surface area contributed by atoms with E-state index in [9.17, 15) is 18.0 Å². The maximum Gasteiger partial charge on any atom is 0.264 e. The van der Waals surface area contributed by atoms with E-state index in [1.54, 1.807) is 67.6 Å². The summed E-state index contributed by atoms with van der Waals surface area (Å²) in [6.45, 7) is 5.38. The number of hydrogen-bond acceptors (Lipinski definition) is 5. The summed E-state index contributed by atoms with van der Waals surface area (Å²) in [5.74, 6) is -0.549. The van der Waals surface area contributed by atoms with Gasteiger partial charge in [-0.05, 0) is 67.8 Å². The highest BCUT2D eigenvalue weighted by Crippen LogP contribution is 2.33. The molecule has 208 valence electrons. The molecule has 0 aliphatic heterocycles. The van der Waals surface area contributed by atoms with Crippen molar-refractivity contribution in [3.8, 4) is 5.75 Å². The number of rotatable bonds is 12. The van der Waals surface area contributed by atoms with Gasteiger partial charge in [0.2, 0.25) is 11.8 Å². The Balaban J connectivity index is 2.11. The Hall–Kier alpha value is -3.56. The van der Waals surface area contributed by atoms with Crippen LogP contribution >= 0.6 is 11.6 Å². The van der Waals surface area contributed by atoms with Crippen LogP contribution in [0.4, 0.5) is 5.69 Å². The summed E-state index contributed by atoms with van der Waals surface area (Å²) < 4.78 is 34.4. The summed E-state index contributed by atoms with van der Waals surface area (Å²) in [6.07, 6.45) is 0.338. The minimum absolute atomic E-state index is 0.0291. The second-order valence-corrected chi connectivity index (χ2v) is 11.3. The van der Waals surface area contributed by atoms with Crippen LogP contribution in [0.3, 0.4) is 0 Å². The van der Waals surface area contributed by atoms with Crippen molar-refractivity contribution in [2.24, 2.45) is 0 Å². The van der Waals surface area contributed by atoms with E-state index < -0.39 is 28.5 Å². The van der Waals surface area contributed by atoms with Crippen molar-refractivity contribution < 1.29 is 22.7 Å². The number of methoxy groups -OCH3 is 1. The molecule has 1 atom stereocenters. The van der Waals surface area contributed by atoms with E-state index in [4.69, 9.17) is 16.3 Å². The fourth-order valence-electron chi connectivity index (χ4n) is 4.23. The number of ether oxygens (including phenoxy) is 1. The molecular weight excluding hydrogens is 538 g/mol. The zero-order valence-electron chi connectivity index (χ0n) is 22.6. The summed E-state index contributed by atoms with van der Waals surface area (Å²) in [5.41, 5.74) is 1.77. The van der Waals surface area contributed by atoms with E-state index in [-0.39, 0.29) is 23.0 Å². The number of anilines is 1. The molecular formula is C29H34ClN3O5S. The molecule has 0 fully saturated rings. The highest BCUT2D eigenvalue weighted by molar-refractivity contribution is 7.92. The van der Waals surface area contributed by atoms with Crippen LogP contribution in [0.25, 0.3) is 0 Å². The van der Waals surface area contributed by atoms with Crippen LogP contribution < -0.4 is 14.4 Å². The molecule has 8 nitrogen and oxygen atoms in total. The summed E-state index contributed by atoms with van der Waals surface area (Å²) in [6, 6.07) is 19.2. The highest BCUT2D eigenvalue weighted by Gasteiger charge is 2.34. The van der Waals surface area contributed by atoms with Crippen molar-refractivity contribution in [1.29, 1.82) is 0 Å². The first-order chi connectivity index (χ1) is 18.6. The normalized spacial score (nSPS) is 11.9. The molecule has 0 radical (unpaired) electrons. The molecule has 3 aromatic rings. The Labute approximate surface area is 235 Å². The predicted molar refractivity (Wildman–Crippen MR) is 153 cm³/mol. The fraction of sp³-hybridized carbons (Fsp3) is 0.310. The first kappa shape index (κ1) is 30.0. The van der Waals surface area contributed by atoms with Gasteiger partial charge in [-0.15, -0.1) is 0 Å². The molecule has 0 saturated carbocycles. The van der Waals surface area contributed by atoms with Gasteiger partial charge in [0.25, 0.3) is 10.0 Å². The van der Waals surface area contributed by atoms with Gasteiger partial charge in [0, 0.05) is 18.1 Å². The third kappa shape index (κ3) is 7.30. The van der Waals surface area contributed by atoms with Crippen molar-refractivity contribution in [2.45, 2.75) is 44.7 Å². The molecule has 0 aliphatic carbocycles. The molecule has 0 saturated heterocycles. The van der Waals surface area contributed by atoms with E-state index in [1.807, 2.05) is 13.8 Å². The van der Waals surface area contributed by atoms with Gasteiger partial charge in [-0.1, -0.05) is 54.9 Å². The van der Waals surface area contributed by atoms with Crippen LogP contribution in [0, 0.1) is 6.92 Å². The number of halogens is 1. The molecule has 0 unspecified atom stereocenters. The zero-order chi connectivity index (χ0) is 28.6. The third-order valence-corrected chi connectivity index (χ3v) is 8.24. The average molecular weight is 572 g/mol. The van der Waals surface area contributed by atoms with Crippen LogP contribution in [-0.4, -0.2) is 51.4 Å². The predicted octanol–water partition coefficient (Wildman–Crippen LogP) is 4.80. The second kappa shape index (κ2) is 13.5. The molecule has 0 heterocycles. The lowest BCUT2D eigenvalue weighted by molar-refractivity contribution is -0.140. The summed E-state index contributed by atoms with van der Waals surface area (Å²) in [5, 5.41) is 3.33. The summed E-state index contributed by atoms with van der Waals surface area (Å²) >= 11 is 6.05. The SMILES string of the molecule is CCNC(=O)[C@@H](CC)N(Cc1ccc(Cl)cc1)C(=O)CN(c1cc(C)ccc1OC)S(=O)(=O)c1ccccc1. The van der Waals surface area contributed by atoms with Gasteiger partial charge in [-0.3, -0.25) is 13.9 Å². The molecule has 0 bridgehead atoms. The van der Waals surface area contributed by atoms with E-state index >= 15 is 0 Å². The van der Waals surface area contributed by atoms with Crippen molar-refractivity contribution in [3.63, 3.8) is 0 Å². The van der Waals surface area contributed by atoms with Crippen molar-refractivity contribution in [1.82, 2.24) is 10.2 Å². The largest absolute Gasteiger partial charge is 0.495 e. The van der Waals surface area contributed by atoms with Gasteiger partial charge in [0.15, 0.2) is 0 Å². The summed E-state index contributed by atoms with van der Waals surface area (Å²) in [7, 11) is -2.74. The Morgan fingerprint density at radius 1 is 1.00 bits per heavy atom. The van der Waals surface area contributed by atoms with Crippen LogP contribution in [0.15, 0.2) is 77.7 Å². The minimum Gasteiger partial charge on any atom is -0.495 e. The number of benzene rings is 3. The summed E-state index contributed by atoms with van der Waals surface area (Å²) in [4.78, 5) is 28.5. The Morgan fingerprint density at radius 3 is 2.26 bits per heavy atom. The van der Waals surface area contributed by atoms with E-state index in [0.29, 0.717) is 23.7 Å². The number of nitrogens with zero attached hydrogens (tertiary/aromatic N) is 2. The molecule has 3 rings (SSSR count). The number of likely N-dealkylation sites (N-methyl/N-ethyl adjacent to an activating group) is 1. The lowest BCUT2D eigenvalue weighted by Gasteiger charge is -2.33. The van der Waals surface area contributed by atoms with Gasteiger partial charge in [0.05, 0.1) is 17.7 Å². The monoisotopic (exact) mass is 571 g/mol. The van der Waals surface area contributed by atoms with Gasteiger partial charge in [-0.2, -0.15) is 0 Å². The van der Waals surface area contributed by atoms with Crippen LogP contribution in [0.5, 0.6) is 5.75 Å². The van der Waals surface area contributed by atoms with Crippen molar-refractivity contribution in [2.75, 3.05) is 24.5 Å². The molecule has 39 heavy (non-hydrogen) atoms. The standard InChI is InChI=1S/C29H34ClN3O5S/c1-5-25(29(35)31-6-2)32(19-22-13-15-23(30)16-14-22)28(34)20-33(26-18-21(3)12-17-27(26)38-4)39(36,37)24-10-8-7-9-11-24/h7-18,25H,5-6,19-20H2,1-4H3,(H,31,35)/t25-/m1/s1. The molecule has 0 aliphatic rings. The molecule has 1 N–H and O–H groups in total. The molecule has 10 heteroatoms. The number of amides is 2. The lowest BCUT2D eigenvalue weighted by atomic mass is 10.1. The number of sulfonamides is 1. The van der Waals surface area contributed by atoms with Crippen LogP contribution in [-0.2, 0) is 26.2 Å². The number of hydrogen-bond donors (Lipinski definition) is 1. The van der Waals surface area contributed by atoms with Crippen molar-refractivity contribution >= 4 is 39.1 Å². The van der Waals surface area contributed by atoms with E-state index in [2.05, 4.69) is 5.32 Å². The zero-order valence-corrected chi connectivity index (χ0v) is 24.1. The van der Waals surface area contributed by atoms with Crippen molar-refractivity contribution in [3.05, 3.63) is 88.9 Å². The maximum atomic E-state index is 14.0. The van der Waals surface area contributed by atoms with Gasteiger partial charge in [0.1, 0.15) is 18.3 Å². The Kier molecular flexibility index (Phi) is 10.4. The fourth-order valence-corrected chi connectivity index (χ4v) is 5.79. The second-order valence-electron chi connectivity index (χ2n) is 8.97. The molecule has 3 aromatic carbocycles. The number of aryl methyl sites for hydroxylation is 1.